The SMILES string of the molecule is CC(=O)N[C@@H](CC(C)(C)C)C(=O)CCc1ccccc1. The summed E-state index contributed by atoms with van der Waals surface area (Å²) >= 11 is 0. The highest BCUT2D eigenvalue weighted by atomic mass is 16.2. The van der Waals surface area contributed by atoms with Crippen LogP contribution >= 0.6 is 0 Å². The number of Topliss-reactive ketones (excluding diaryl/α,β-unsaturated/α-hetero) is 1. The Kier molecular flexibility index (Phi) is 5.93. The third-order valence-electron chi connectivity index (χ3n) is 3.09. The zero-order chi connectivity index (χ0) is 15.2. The van der Waals surface area contributed by atoms with E-state index in [4.69, 9.17) is 0 Å². The molecule has 110 valence electrons. The Labute approximate surface area is 121 Å². The van der Waals surface area contributed by atoms with Gasteiger partial charge in [0.05, 0.1) is 6.04 Å². The fourth-order valence-corrected chi connectivity index (χ4v) is 2.19. The molecule has 0 aliphatic carbocycles. The lowest BCUT2D eigenvalue weighted by Gasteiger charge is -2.25. The monoisotopic (exact) mass is 275 g/mol. The molecule has 3 heteroatoms. The summed E-state index contributed by atoms with van der Waals surface area (Å²) in [4.78, 5) is 23.6. The summed E-state index contributed by atoms with van der Waals surface area (Å²) in [7, 11) is 0. The van der Waals surface area contributed by atoms with Crippen LogP contribution in [0.25, 0.3) is 0 Å². The molecule has 0 saturated carbocycles. The first-order valence-corrected chi connectivity index (χ1v) is 7.12. The second-order valence-electron chi connectivity index (χ2n) is 6.47. The number of ketones is 1. The lowest BCUT2D eigenvalue weighted by Crippen LogP contribution is -2.42. The predicted octanol–water partition coefficient (Wildman–Crippen LogP) is 3.13. The molecule has 1 rings (SSSR count). The first-order chi connectivity index (χ1) is 9.28. The molecule has 1 N–H and O–H groups in total. The normalized spacial score (nSPS) is 12.8. The maximum atomic E-state index is 12.3. The molecule has 1 aromatic rings. The molecule has 3 nitrogen and oxygen atoms in total. The van der Waals surface area contributed by atoms with Crippen molar-refractivity contribution in [3.8, 4) is 0 Å². The van der Waals surface area contributed by atoms with Gasteiger partial charge in [0.25, 0.3) is 0 Å². The summed E-state index contributed by atoms with van der Waals surface area (Å²) in [5, 5.41) is 2.78. The van der Waals surface area contributed by atoms with Crippen LogP contribution < -0.4 is 5.32 Å². The largest absolute Gasteiger partial charge is 0.347 e. The average molecular weight is 275 g/mol. The summed E-state index contributed by atoms with van der Waals surface area (Å²) in [6.07, 6.45) is 1.85. The Hall–Kier alpha value is -1.64. The van der Waals surface area contributed by atoms with Crippen LogP contribution in [0.15, 0.2) is 30.3 Å². The van der Waals surface area contributed by atoms with Crippen molar-refractivity contribution in [2.75, 3.05) is 0 Å². The molecule has 0 unspecified atom stereocenters. The highest BCUT2D eigenvalue weighted by Crippen LogP contribution is 2.22. The summed E-state index contributed by atoms with van der Waals surface area (Å²) in [5.41, 5.74) is 1.16. The maximum absolute atomic E-state index is 12.3. The number of rotatable bonds is 6. The number of benzene rings is 1. The summed E-state index contributed by atoms with van der Waals surface area (Å²) in [6.45, 7) is 7.69. The van der Waals surface area contributed by atoms with E-state index in [9.17, 15) is 9.59 Å². The van der Waals surface area contributed by atoms with Crippen LogP contribution in [0.3, 0.4) is 0 Å². The average Bonchev–Trinajstić information content (AvgIpc) is 2.34. The zero-order valence-corrected chi connectivity index (χ0v) is 12.9. The van der Waals surface area contributed by atoms with Gasteiger partial charge in [-0.15, -0.1) is 0 Å². The van der Waals surface area contributed by atoms with Gasteiger partial charge in [-0.3, -0.25) is 9.59 Å². The van der Waals surface area contributed by atoms with E-state index in [1.54, 1.807) is 0 Å². The summed E-state index contributed by atoms with van der Waals surface area (Å²) < 4.78 is 0. The van der Waals surface area contributed by atoms with Crippen LogP contribution in [0.1, 0.15) is 46.1 Å². The van der Waals surface area contributed by atoms with Crippen molar-refractivity contribution < 1.29 is 9.59 Å². The molecule has 1 aromatic carbocycles. The molecular weight excluding hydrogens is 250 g/mol. The number of amides is 1. The number of hydrogen-bond donors (Lipinski definition) is 1. The highest BCUT2D eigenvalue weighted by molar-refractivity contribution is 5.88. The van der Waals surface area contributed by atoms with E-state index in [0.717, 1.165) is 12.0 Å². The minimum Gasteiger partial charge on any atom is -0.347 e. The van der Waals surface area contributed by atoms with Gasteiger partial charge in [0.2, 0.25) is 5.91 Å². The fourth-order valence-electron chi connectivity index (χ4n) is 2.19. The van der Waals surface area contributed by atoms with E-state index < -0.39 is 0 Å². The highest BCUT2D eigenvalue weighted by Gasteiger charge is 2.25. The van der Waals surface area contributed by atoms with Gasteiger partial charge in [-0.25, -0.2) is 0 Å². The van der Waals surface area contributed by atoms with Crippen molar-refractivity contribution in [3.05, 3.63) is 35.9 Å². The topological polar surface area (TPSA) is 46.2 Å². The number of aryl methyl sites for hydroxylation is 1. The van der Waals surface area contributed by atoms with Gasteiger partial charge in [0, 0.05) is 13.3 Å². The van der Waals surface area contributed by atoms with Gasteiger partial charge in [-0.1, -0.05) is 51.1 Å². The predicted molar refractivity (Wildman–Crippen MR) is 81.4 cm³/mol. The Morgan fingerprint density at radius 3 is 2.25 bits per heavy atom. The molecule has 0 radical (unpaired) electrons. The fraction of sp³-hybridized carbons (Fsp3) is 0.529. The third-order valence-corrected chi connectivity index (χ3v) is 3.09. The van der Waals surface area contributed by atoms with Crippen LogP contribution in [0.5, 0.6) is 0 Å². The molecule has 0 spiro atoms. The maximum Gasteiger partial charge on any atom is 0.217 e. The molecular formula is C17H25NO2. The minimum absolute atomic E-state index is 0.00945. The minimum atomic E-state index is -0.379. The lowest BCUT2D eigenvalue weighted by atomic mass is 9.85. The van der Waals surface area contributed by atoms with Crippen molar-refractivity contribution >= 4 is 11.7 Å². The van der Waals surface area contributed by atoms with E-state index in [2.05, 4.69) is 26.1 Å². The van der Waals surface area contributed by atoms with E-state index >= 15 is 0 Å². The lowest BCUT2D eigenvalue weighted by molar-refractivity contribution is -0.127. The second-order valence-corrected chi connectivity index (χ2v) is 6.47. The molecule has 0 aliphatic rings. The van der Waals surface area contributed by atoms with Crippen LogP contribution in [0, 0.1) is 5.41 Å². The molecule has 0 aromatic heterocycles. The van der Waals surface area contributed by atoms with Gasteiger partial charge in [-0.05, 0) is 23.8 Å². The van der Waals surface area contributed by atoms with Crippen LogP contribution in [-0.4, -0.2) is 17.7 Å². The van der Waals surface area contributed by atoms with Crippen molar-refractivity contribution in [1.82, 2.24) is 5.32 Å². The van der Waals surface area contributed by atoms with Crippen LogP contribution in [-0.2, 0) is 16.0 Å². The van der Waals surface area contributed by atoms with Gasteiger partial charge in [0.15, 0.2) is 5.78 Å². The Balaban J connectivity index is 2.61. The van der Waals surface area contributed by atoms with Crippen LogP contribution in [0.4, 0.5) is 0 Å². The zero-order valence-electron chi connectivity index (χ0n) is 12.9. The van der Waals surface area contributed by atoms with Crippen molar-refractivity contribution in [2.24, 2.45) is 5.41 Å². The smallest absolute Gasteiger partial charge is 0.217 e. The van der Waals surface area contributed by atoms with E-state index in [0.29, 0.717) is 12.8 Å². The Morgan fingerprint density at radius 1 is 1.15 bits per heavy atom. The molecule has 20 heavy (non-hydrogen) atoms. The number of carbonyl (C=O) groups is 2. The number of nitrogens with one attached hydrogen (secondary N) is 1. The first kappa shape index (κ1) is 16.4. The first-order valence-electron chi connectivity index (χ1n) is 7.12. The van der Waals surface area contributed by atoms with E-state index in [-0.39, 0.29) is 23.1 Å². The van der Waals surface area contributed by atoms with Crippen molar-refractivity contribution in [2.45, 2.75) is 53.0 Å². The van der Waals surface area contributed by atoms with Crippen LogP contribution in [0.2, 0.25) is 0 Å². The summed E-state index contributed by atoms with van der Waals surface area (Å²) in [6, 6.07) is 9.57. The van der Waals surface area contributed by atoms with Gasteiger partial charge >= 0.3 is 0 Å². The van der Waals surface area contributed by atoms with Gasteiger partial charge < -0.3 is 5.32 Å². The standard InChI is InChI=1S/C17H25NO2/c1-13(19)18-15(12-17(2,3)4)16(20)11-10-14-8-6-5-7-9-14/h5-9,15H,10-12H2,1-4H3,(H,18,19)/t15-/m0/s1. The molecule has 0 fully saturated rings. The van der Waals surface area contributed by atoms with Crippen molar-refractivity contribution in [1.29, 1.82) is 0 Å². The molecule has 1 atom stereocenters. The van der Waals surface area contributed by atoms with Crippen molar-refractivity contribution in [3.63, 3.8) is 0 Å². The van der Waals surface area contributed by atoms with Gasteiger partial charge in [0.1, 0.15) is 0 Å². The van der Waals surface area contributed by atoms with E-state index in [1.807, 2.05) is 30.3 Å². The molecule has 0 heterocycles. The summed E-state index contributed by atoms with van der Waals surface area (Å²) in [5.74, 6) is -0.0358. The molecule has 0 aliphatic heterocycles. The molecule has 1 amide bonds. The molecule has 0 saturated heterocycles. The third kappa shape index (κ3) is 6.50. The number of hydrogen-bond acceptors (Lipinski definition) is 2. The van der Waals surface area contributed by atoms with E-state index in [1.165, 1.54) is 6.92 Å². The molecule has 0 bridgehead atoms. The second kappa shape index (κ2) is 7.22. The quantitative estimate of drug-likeness (QED) is 0.867. The number of carbonyl (C=O) groups excluding carboxylic acids is 2. The Morgan fingerprint density at radius 2 is 1.75 bits per heavy atom. The van der Waals surface area contributed by atoms with Gasteiger partial charge in [-0.2, -0.15) is 0 Å². The Bertz CT molecular complexity index is 446.